The summed E-state index contributed by atoms with van der Waals surface area (Å²) < 4.78 is 12.9. The second-order valence-corrected chi connectivity index (χ2v) is 7.23. The Morgan fingerprint density at radius 2 is 1.94 bits per heavy atom. The first-order valence-electron chi connectivity index (χ1n) is 9.55. The molecule has 31 heavy (non-hydrogen) atoms. The Bertz CT molecular complexity index is 1230. The minimum absolute atomic E-state index is 0.180. The van der Waals surface area contributed by atoms with Gasteiger partial charge >= 0.3 is 5.69 Å². The fourth-order valence-corrected chi connectivity index (χ4v) is 2.94. The maximum absolute atomic E-state index is 12.2. The van der Waals surface area contributed by atoms with E-state index in [9.17, 15) is 4.79 Å². The number of ether oxygens (including phenoxy) is 2. The number of halogens is 1. The topological polar surface area (TPSA) is 79.1 Å². The zero-order valence-corrected chi connectivity index (χ0v) is 17.5. The number of aromatic nitrogens is 4. The van der Waals surface area contributed by atoms with Gasteiger partial charge in [0.1, 0.15) is 18.1 Å². The van der Waals surface area contributed by atoms with E-state index >= 15 is 0 Å². The molecule has 0 N–H and O–H groups in total. The van der Waals surface area contributed by atoms with Crippen LogP contribution in [0.25, 0.3) is 0 Å². The van der Waals surface area contributed by atoms with Gasteiger partial charge < -0.3 is 9.47 Å². The van der Waals surface area contributed by atoms with Crippen LogP contribution in [0.15, 0.2) is 78.1 Å². The Kier molecular flexibility index (Phi) is 6.24. The summed E-state index contributed by atoms with van der Waals surface area (Å²) in [5.41, 5.74) is 2.14. The quantitative estimate of drug-likeness (QED) is 0.428. The normalized spacial score (nSPS) is 10.6. The van der Waals surface area contributed by atoms with Gasteiger partial charge in [0.25, 0.3) is 0 Å². The lowest BCUT2D eigenvalue weighted by Gasteiger charge is -2.09. The SMILES string of the molecule is Cc1cc(Oc2ccc(COc3ccn(Cc4cccnc4)c(=O)n3)nc2)ccc1Cl. The van der Waals surface area contributed by atoms with Crippen molar-refractivity contribution in [2.24, 2.45) is 0 Å². The predicted molar refractivity (Wildman–Crippen MR) is 117 cm³/mol. The van der Waals surface area contributed by atoms with Crippen LogP contribution in [0.3, 0.4) is 0 Å². The molecular weight excluding hydrogens is 416 g/mol. The van der Waals surface area contributed by atoms with Gasteiger partial charge in [0.05, 0.1) is 18.4 Å². The highest BCUT2D eigenvalue weighted by Gasteiger charge is 2.05. The van der Waals surface area contributed by atoms with Gasteiger partial charge in [-0.1, -0.05) is 17.7 Å². The van der Waals surface area contributed by atoms with Gasteiger partial charge in [-0.15, -0.1) is 0 Å². The van der Waals surface area contributed by atoms with Gasteiger partial charge in [-0.25, -0.2) is 4.79 Å². The van der Waals surface area contributed by atoms with E-state index in [-0.39, 0.29) is 12.5 Å². The minimum atomic E-state index is -0.392. The molecule has 0 radical (unpaired) electrons. The molecule has 0 spiro atoms. The van der Waals surface area contributed by atoms with Gasteiger partial charge in [0.2, 0.25) is 5.88 Å². The summed E-state index contributed by atoms with van der Waals surface area (Å²) in [6.45, 7) is 2.49. The van der Waals surface area contributed by atoms with E-state index < -0.39 is 5.69 Å². The van der Waals surface area contributed by atoms with Crippen molar-refractivity contribution in [2.75, 3.05) is 0 Å². The minimum Gasteiger partial charge on any atom is -0.471 e. The van der Waals surface area contributed by atoms with Crippen molar-refractivity contribution in [3.63, 3.8) is 0 Å². The maximum atomic E-state index is 12.2. The first-order valence-corrected chi connectivity index (χ1v) is 9.93. The summed E-state index contributed by atoms with van der Waals surface area (Å²) in [6, 6.07) is 14.4. The van der Waals surface area contributed by atoms with Crippen LogP contribution in [0, 0.1) is 6.92 Å². The molecule has 0 aliphatic heterocycles. The molecule has 4 rings (SSSR count). The zero-order chi connectivity index (χ0) is 21.6. The molecule has 4 aromatic rings. The molecule has 0 atom stereocenters. The highest BCUT2D eigenvalue weighted by molar-refractivity contribution is 6.31. The third kappa shape index (κ3) is 5.46. The van der Waals surface area contributed by atoms with Crippen molar-refractivity contribution >= 4 is 11.6 Å². The number of hydrogen-bond donors (Lipinski definition) is 0. The van der Waals surface area contributed by atoms with Gasteiger partial charge in [-0.05, 0) is 54.4 Å². The van der Waals surface area contributed by atoms with Crippen LogP contribution in [0.1, 0.15) is 16.8 Å². The Labute approximate surface area is 183 Å². The molecule has 1 aromatic carbocycles. The van der Waals surface area contributed by atoms with Crippen molar-refractivity contribution in [1.29, 1.82) is 0 Å². The fraction of sp³-hybridized carbons (Fsp3) is 0.130. The van der Waals surface area contributed by atoms with E-state index in [0.29, 0.717) is 28.8 Å². The Morgan fingerprint density at radius 3 is 2.65 bits per heavy atom. The van der Waals surface area contributed by atoms with Gasteiger partial charge in [0, 0.05) is 29.7 Å². The summed E-state index contributed by atoms with van der Waals surface area (Å²) in [5, 5.41) is 0.691. The molecule has 0 aliphatic carbocycles. The smallest absolute Gasteiger partial charge is 0.351 e. The molecule has 0 bridgehead atoms. The van der Waals surface area contributed by atoms with Gasteiger partial charge in [0.15, 0.2) is 0 Å². The summed E-state index contributed by atoms with van der Waals surface area (Å²) in [4.78, 5) is 24.6. The van der Waals surface area contributed by atoms with Crippen molar-refractivity contribution in [2.45, 2.75) is 20.1 Å². The van der Waals surface area contributed by atoms with Crippen molar-refractivity contribution in [3.05, 3.63) is 106 Å². The van der Waals surface area contributed by atoms with Crippen LogP contribution in [0.4, 0.5) is 0 Å². The molecule has 3 heterocycles. The van der Waals surface area contributed by atoms with E-state index in [0.717, 1.165) is 11.1 Å². The Morgan fingerprint density at radius 1 is 1.06 bits per heavy atom. The lowest BCUT2D eigenvalue weighted by Crippen LogP contribution is -2.23. The van der Waals surface area contributed by atoms with Gasteiger partial charge in [-0.2, -0.15) is 4.98 Å². The molecule has 0 saturated heterocycles. The van der Waals surface area contributed by atoms with Crippen LogP contribution in [0.5, 0.6) is 17.4 Å². The third-order valence-electron chi connectivity index (χ3n) is 4.45. The molecule has 0 unspecified atom stereocenters. The second-order valence-electron chi connectivity index (χ2n) is 6.82. The van der Waals surface area contributed by atoms with E-state index in [1.807, 2.05) is 25.1 Å². The second kappa shape index (κ2) is 9.40. The number of pyridine rings is 2. The molecule has 156 valence electrons. The largest absolute Gasteiger partial charge is 0.471 e. The third-order valence-corrected chi connectivity index (χ3v) is 4.88. The number of benzene rings is 1. The molecule has 8 heteroatoms. The van der Waals surface area contributed by atoms with Crippen LogP contribution in [-0.4, -0.2) is 19.5 Å². The Balaban J connectivity index is 1.35. The molecular formula is C23H19ClN4O3. The van der Waals surface area contributed by atoms with Crippen LogP contribution in [-0.2, 0) is 13.2 Å². The first kappa shape index (κ1) is 20.6. The van der Waals surface area contributed by atoms with Crippen molar-refractivity contribution < 1.29 is 9.47 Å². The number of aryl methyl sites for hydroxylation is 1. The summed E-state index contributed by atoms with van der Waals surface area (Å²) in [6.07, 6.45) is 6.66. The average Bonchev–Trinajstić information content (AvgIpc) is 2.78. The van der Waals surface area contributed by atoms with Crippen molar-refractivity contribution in [1.82, 2.24) is 19.5 Å². The van der Waals surface area contributed by atoms with Crippen LogP contribution >= 0.6 is 11.6 Å². The summed E-state index contributed by atoms with van der Waals surface area (Å²) >= 11 is 6.03. The monoisotopic (exact) mass is 434 g/mol. The first-order chi connectivity index (χ1) is 15.1. The number of hydrogen-bond acceptors (Lipinski definition) is 6. The van der Waals surface area contributed by atoms with E-state index in [4.69, 9.17) is 21.1 Å². The highest BCUT2D eigenvalue weighted by Crippen LogP contribution is 2.25. The molecule has 7 nitrogen and oxygen atoms in total. The molecule has 0 aliphatic rings. The molecule has 3 aromatic heterocycles. The molecule has 0 fully saturated rings. The average molecular weight is 435 g/mol. The highest BCUT2D eigenvalue weighted by atomic mass is 35.5. The van der Waals surface area contributed by atoms with E-state index in [2.05, 4.69) is 15.0 Å². The standard InChI is InChI=1S/C23H19ClN4O3/c1-16-11-19(6-7-21(16)24)31-20-5-4-18(26-13-20)15-30-22-8-10-28(23(29)27-22)14-17-3-2-9-25-12-17/h2-13H,14-15H2,1H3. The van der Waals surface area contributed by atoms with E-state index in [1.165, 1.54) is 4.57 Å². The maximum Gasteiger partial charge on any atom is 0.351 e. The molecule has 0 amide bonds. The van der Waals surface area contributed by atoms with E-state index in [1.54, 1.807) is 55.1 Å². The van der Waals surface area contributed by atoms with Crippen LogP contribution in [0.2, 0.25) is 5.02 Å². The fourth-order valence-electron chi connectivity index (χ4n) is 2.82. The van der Waals surface area contributed by atoms with Crippen molar-refractivity contribution in [3.8, 4) is 17.4 Å². The lowest BCUT2D eigenvalue weighted by molar-refractivity contribution is 0.286. The van der Waals surface area contributed by atoms with Gasteiger partial charge in [-0.3, -0.25) is 14.5 Å². The predicted octanol–water partition coefficient (Wildman–Crippen LogP) is 4.41. The summed E-state index contributed by atoms with van der Waals surface area (Å²) in [5.74, 6) is 1.52. The van der Waals surface area contributed by atoms with Crippen LogP contribution < -0.4 is 15.2 Å². The lowest BCUT2D eigenvalue weighted by atomic mass is 10.2. The zero-order valence-electron chi connectivity index (χ0n) is 16.7. The number of rotatable bonds is 7. The molecule has 0 saturated carbocycles. The number of nitrogens with zero attached hydrogens (tertiary/aromatic N) is 4. The Hall–Kier alpha value is -3.71. The summed E-state index contributed by atoms with van der Waals surface area (Å²) in [7, 11) is 0.